The average molecular weight is 290 g/mol. The van der Waals surface area contributed by atoms with Gasteiger partial charge >= 0.3 is 0 Å². The third kappa shape index (κ3) is 3.16. The van der Waals surface area contributed by atoms with Crippen molar-refractivity contribution >= 4 is 11.8 Å². The Morgan fingerprint density at radius 1 is 1.45 bits per heavy atom. The highest BCUT2D eigenvalue weighted by molar-refractivity contribution is 7.99. The lowest BCUT2D eigenvalue weighted by atomic mass is 10.1. The first-order valence-electron chi connectivity index (χ1n) is 6.92. The molecule has 2 aromatic rings. The summed E-state index contributed by atoms with van der Waals surface area (Å²) in [5.74, 6) is 0. The van der Waals surface area contributed by atoms with Gasteiger partial charge in [0, 0.05) is 12.2 Å². The second-order valence-corrected chi connectivity index (χ2v) is 6.10. The summed E-state index contributed by atoms with van der Waals surface area (Å²) in [6, 6.07) is 4.77. The van der Waals surface area contributed by atoms with E-state index in [2.05, 4.69) is 33.5 Å². The smallest absolute Gasteiger partial charge is 0.215 e. The summed E-state index contributed by atoms with van der Waals surface area (Å²) in [6.07, 6.45) is 6.07. The molecule has 1 saturated carbocycles. The molecule has 0 aliphatic heterocycles. The number of hydrogen-bond acceptors (Lipinski definition) is 6. The molecule has 1 unspecified atom stereocenters. The maximum absolute atomic E-state index is 5.95. The summed E-state index contributed by atoms with van der Waals surface area (Å²) in [5.41, 5.74) is 7.12. The van der Waals surface area contributed by atoms with Crippen molar-refractivity contribution < 1.29 is 0 Å². The normalized spacial score (nSPS) is 16.3. The van der Waals surface area contributed by atoms with E-state index in [0.29, 0.717) is 6.04 Å². The molecule has 1 aliphatic carbocycles. The van der Waals surface area contributed by atoms with E-state index in [9.17, 15) is 0 Å². The number of nitrogens with two attached hydrogens (primary N) is 1. The Kier molecular flexibility index (Phi) is 3.98. The van der Waals surface area contributed by atoms with E-state index in [0.717, 1.165) is 23.0 Å². The minimum Gasteiger partial charge on any atom is -0.327 e. The number of rotatable bonds is 6. The quantitative estimate of drug-likeness (QED) is 0.874. The van der Waals surface area contributed by atoms with Gasteiger partial charge in [-0.15, -0.1) is 5.10 Å². The number of pyridine rings is 1. The van der Waals surface area contributed by atoms with Crippen LogP contribution in [0.2, 0.25) is 0 Å². The highest BCUT2D eigenvalue weighted by Crippen LogP contribution is 2.37. The highest BCUT2D eigenvalue weighted by atomic mass is 32.2. The van der Waals surface area contributed by atoms with E-state index >= 15 is 0 Å². The second-order valence-electron chi connectivity index (χ2n) is 5.12. The molecule has 2 N–H and O–H groups in total. The molecule has 0 bridgehead atoms. The van der Waals surface area contributed by atoms with E-state index in [1.807, 2.05) is 16.9 Å². The van der Waals surface area contributed by atoms with Crippen LogP contribution in [0.3, 0.4) is 0 Å². The third-order valence-electron chi connectivity index (χ3n) is 3.37. The highest BCUT2D eigenvalue weighted by Gasteiger charge is 2.28. The van der Waals surface area contributed by atoms with Crippen molar-refractivity contribution in [2.45, 2.75) is 54.9 Å². The summed E-state index contributed by atoms with van der Waals surface area (Å²) in [4.78, 5) is 4.46. The molecule has 0 spiro atoms. The zero-order valence-corrected chi connectivity index (χ0v) is 12.3. The third-order valence-corrected chi connectivity index (χ3v) is 4.27. The lowest BCUT2D eigenvalue weighted by Gasteiger charge is -2.08. The first-order chi connectivity index (χ1) is 9.76. The summed E-state index contributed by atoms with van der Waals surface area (Å²) in [5, 5.41) is 13.6. The van der Waals surface area contributed by atoms with Crippen LogP contribution in [0.25, 0.3) is 0 Å². The molecule has 1 atom stereocenters. The van der Waals surface area contributed by atoms with Crippen molar-refractivity contribution in [3.63, 3.8) is 0 Å². The molecular weight excluding hydrogens is 272 g/mol. The maximum Gasteiger partial charge on any atom is 0.215 e. The van der Waals surface area contributed by atoms with Gasteiger partial charge in [0.1, 0.15) is 5.03 Å². The van der Waals surface area contributed by atoms with Crippen LogP contribution in [0.5, 0.6) is 0 Å². The summed E-state index contributed by atoms with van der Waals surface area (Å²) in [7, 11) is 0. The molecule has 0 aromatic carbocycles. The largest absolute Gasteiger partial charge is 0.327 e. The van der Waals surface area contributed by atoms with Gasteiger partial charge in [-0.2, -0.15) is 0 Å². The molecule has 7 heteroatoms. The SMILES string of the molecule is CCC(N)Cc1ccc(Sc2nnnn2C2CC2)nc1. The van der Waals surface area contributed by atoms with Crippen LogP contribution >= 0.6 is 11.8 Å². The number of nitrogens with zero attached hydrogens (tertiary/aromatic N) is 5. The molecule has 1 aliphatic rings. The average Bonchev–Trinajstić information content (AvgIpc) is 3.21. The minimum absolute atomic E-state index is 0.206. The fraction of sp³-hybridized carbons (Fsp3) is 0.538. The number of hydrogen-bond donors (Lipinski definition) is 1. The van der Waals surface area contributed by atoms with Gasteiger partial charge in [0.2, 0.25) is 5.16 Å². The fourth-order valence-electron chi connectivity index (χ4n) is 1.93. The van der Waals surface area contributed by atoms with Crippen LogP contribution in [0.4, 0.5) is 0 Å². The molecular formula is C13H18N6S. The molecule has 20 heavy (non-hydrogen) atoms. The van der Waals surface area contributed by atoms with Crippen LogP contribution in [0.1, 0.15) is 37.8 Å². The lowest BCUT2D eigenvalue weighted by Crippen LogP contribution is -2.21. The van der Waals surface area contributed by atoms with Crippen LogP contribution < -0.4 is 5.73 Å². The van der Waals surface area contributed by atoms with E-state index in [-0.39, 0.29) is 6.04 Å². The van der Waals surface area contributed by atoms with Gasteiger partial charge in [-0.05, 0) is 59.5 Å². The number of aromatic nitrogens is 5. The molecule has 2 heterocycles. The Balaban J connectivity index is 1.67. The standard InChI is InChI=1S/C13H18N6S/c1-2-10(14)7-9-3-6-12(15-8-9)20-13-16-17-18-19(13)11-4-5-11/h3,6,8,10-11H,2,4-5,7,14H2,1H3. The molecule has 106 valence electrons. The van der Waals surface area contributed by atoms with Gasteiger partial charge in [0.25, 0.3) is 0 Å². The van der Waals surface area contributed by atoms with Crippen molar-refractivity contribution in [2.24, 2.45) is 5.73 Å². The van der Waals surface area contributed by atoms with Crippen molar-refractivity contribution in [3.8, 4) is 0 Å². The predicted octanol–water partition coefficient (Wildman–Crippen LogP) is 1.83. The van der Waals surface area contributed by atoms with Gasteiger partial charge < -0.3 is 5.73 Å². The van der Waals surface area contributed by atoms with Gasteiger partial charge in [-0.1, -0.05) is 13.0 Å². The Labute approximate surface area is 122 Å². The molecule has 3 rings (SSSR count). The Bertz CT molecular complexity index is 562. The van der Waals surface area contributed by atoms with Crippen molar-refractivity contribution in [1.82, 2.24) is 25.2 Å². The first kappa shape index (κ1) is 13.5. The zero-order valence-electron chi connectivity index (χ0n) is 11.4. The molecule has 0 radical (unpaired) electrons. The molecule has 0 saturated heterocycles. The lowest BCUT2D eigenvalue weighted by molar-refractivity contribution is 0.565. The molecule has 2 aromatic heterocycles. The predicted molar refractivity (Wildman–Crippen MR) is 76.4 cm³/mol. The van der Waals surface area contributed by atoms with Crippen LogP contribution in [0.15, 0.2) is 28.5 Å². The summed E-state index contributed by atoms with van der Waals surface area (Å²) < 4.78 is 1.90. The van der Waals surface area contributed by atoms with Gasteiger partial charge in [0.05, 0.1) is 6.04 Å². The van der Waals surface area contributed by atoms with Gasteiger partial charge in [-0.25, -0.2) is 9.67 Å². The fourth-order valence-corrected chi connectivity index (χ4v) is 2.72. The van der Waals surface area contributed by atoms with E-state index < -0.39 is 0 Å². The minimum atomic E-state index is 0.206. The maximum atomic E-state index is 5.95. The summed E-state index contributed by atoms with van der Waals surface area (Å²) >= 11 is 1.51. The van der Waals surface area contributed by atoms with E-state index in [1.165, 1.54) is 30.2 Å². The second kappa shape index (κ2) is 5.88. The van der Waals surface area contributed by atoms with Gasteiger partial charge in [0.15, 0.2) is 0 Å². The molecule has 1 fully saturated rings. The summed E-state index contributed by atoms with van der Waals surface area (Å²) in [6.45, 7) is 2.10. The Morgan fingerprint density at radius 2 is 2.30 bits per heavy atom. The van der Waals surface area contributed by atoms with Crippen molar-refractivity contribution in [1.29, 1.82) is 0 Å². The first-order valence-corrected chi connectivity index (χ1v) is 7.74. The van der Waals surface area contributed by atoms with Crippen LogP contribution in [-0.4, -0.2) is 31.2 Å². The Hall–Kier alpha value is -1.47. The molecule has 6 nitrogen and oxygen atoms in total. The van der Waals surface area contributed by atoms with E-state index in [1.54, 1.807) is 0 Å². The zero-order chi connectivity index (χ0) is 13.9. The van der Waals surface area contributed by atoms with Crippen molar-refractivity contribution in [3.05, 3.63) is 23.9 Å². The molecule has 0 amide bonds. The Morgan fingerprint density at radius 3 is 2.95 bits per heavy atom. The van der Waals surface area contributed by atoms with E-state index in [4.69, 9.17) is 5.73 Å². The number of tetrazole rings is 1. The monoisotopic (exact) mass is 290 g/mol. The van der Waals surface area contributed by atoms with Gasteiger partial charge in [-0.3, -0.25) is 0 Å². The van der Waals surface area contributed by atoms with Crippen molar-refractivity contribution in [2.75, 3.05) is 0 Å². The topological polar surface area (TPSA) is 82.5 Å². The van der Waals surface area contributed by atoms with Crippen LogP contribution in [0, 0.1) is 0 Å². The van der Waals surface area contributed by atoms with Crippen LogP contribution in [-0.2, 0) is 6.42 Å².